The van der Waals surface area contributed by atoms with E-state index in [0.717, 1.165) is 60.4 Å². The molecule has 0 saturated heterocycles. The van der Waals surface area contributed by atoms with Gasteiger partial charge in [-0.1, -0.05) is 169 Å². The predicted octanol–water partition coefficient (Wildman–Crippen LogP) is 13.4. The Bertz CT molecular complexity index is 3100. The normalized spacial score (nSPS) is 11.6. The van der Waals surface area contributed by atoms with Crippen LogP contribution in [-0.2, 0) is 0 Å². The van der Waals surface area contributed by atoms with Crippen LogP contribution in [0.15, 0.2) is 204 Å². The second kappa shape index (κ2) is 14.8. The summed E-state index contributed by atoms with van der Waals surface area (Å²) >= 11 is 0. The zero-order chi connectivity index (χ0) is 38.0. The van der Waals surface area contributed by atoms with Crippen molar-refractivity contribution in [2.24, 2.45) is 9.98 Å². The molecule has 9 aromatic carbocycles. The SMILES string of the molecule is C=NC(=NC(=N)c1cccc2c3ccccc3c3ccc(-c4ccc5c6ccccc6n(-c6ccccc6)c5c4)cc3c12)c1ccccc1.Cc1ccccc1. The van der Waals surface area contributed by atoms with E-state index in [2.05, 4.69) is 157 Å². The van der Waals surface area contributed by atoms with Crippen molar-refractivity contribution < 1.29 is 0 Å². The van der Waals surface area contributed by atoms with Crippen molar-refractivity contribution in [1.29, 1.82) is 5.41 Å². The van der Waals surface area contributed by atoms with Crippen molar-refractivity contribution in [1.82, 2.24) is 4.57 Å². The summed E-state index contributed by atoms with van der Waals surface area (Å²) in [7, 11) is 0. The Labute approximate surface area is 325 Å². The summed E-state index contributed by atoms with van der Waals surface area (Å²) in [5, 5.41) is 18.4. The first-order valence-electron chi connectivity index (χ1n) is 18.8. The Hall–Kier alpha value is -7.43. The predicted molar refractivity (Wildman–Crippen MR) is 239 cm³/mol. The largest absolute Gasteiger partial charge is 0.309 e. The number of rotatable bonds is 4. The second-order valence-electron chi connectivity index (χ2n) is 13.9. The van der Waals surface area contributed by atoms with Crippen LogP contribution in [0.5, 0.6) is 0 Å². The van der Waals surface area contributed by atoms with Gasteiger partial charge in [-0.25, -0.2) is 9.98 Å². The summed E-state index contributed by atoms with van der Waals surface area (Å²) in [4.78, 5) is 8.91. The van der Waals surface area contributed by atoms with Crippen LogP contribution in [0.2, 0.25) is 0 Å². The Morgan fingerprint density at radius 2 is 1.02 bits per heavy atom. The van der Waals surface area contributed by atoms with E-state index >= 15 is 0 Å². The van der Waals surface area contributed by atoms with E-state index in [1.807, 2.05) is 60.7 Å². The topological polar surface area (TPSA) is 53.5 Å². The second-order valence-corrected chi connectivity index (χ2v) is 13.9. The zero-order valence-electron chi connectivity index (χ0n) is 31.0. The van der Waals surface area contributed by atoms with Gasteiger partial charge in [-0.05, 0) is 82.0 Å². The van der Waals surface area contributed by atoms with Gasteiger partial charge in [0.15, 0.2) is 11.7 Å². The van der Waals surface area contributed by atoms with Crippen LogP contribution in [0.1, 0.15) is 16.7 Å². The minimum atomic E-state index is 0.146. The van der Waals surface area contributed by atoms with Crippen LogP contribution < -0.4 is 0 Å². The summed E-state index contributed by atoms with van der Waals surface area (Å²) in [6.07, 6.45) is 0. The smallest absolute Gasteiger partial charge is 0.161 e. The van der Waals surface area contributed by atoms with Gasteiger partial charge in [-0.3, -0.25) is 5.41 Å². The molecule has 4 heteroatoms. The van der Waals surface area contributed by atoms with Crippen molar-refractivity contribution in [3.63, 3.8) is 0 Å². The highest BCUT2D eigenvalue weighted by Gasteiger charge is 2.17. The Balaban J connectivity index is 0.000000530. The fraction of sp³-hybridized carbons (Fsp3) is 0.0192. The lowest BCUT2D eigenvalue weighted by molar-refractivity contribution is 1.18. The quantitative estimate of drug-likeness (QED) is 0.107. The van der Waals surface area contributed by atoms with E-state index in [1.54, 1.807) is 0 Å². The molecular formula is C52H38N4. The number of nitrogens with one attached hydrogen (secondary N) is 1. The number of amidine groups is 2. The molecule has 0 atom stereocenters. The molecule has 10 aromatic rings. The first-order valence-corrected chi connectivity index (χ1v) is 18.8. The summed E-state index contributed by atoms with van der Waals surface area (Å²) in [5.74, 6) is 0.572. The number of benzene rings is 9. The molecule has 4 nitrogen and oxygen atoms in total. The maximum absolute atomic E-state index is 9.27. The number of fused-ring (bicyclic) bond motifs is 9. The number of nitrogens with zero attached hydrogens (tertiary/aromatic N) is 3. The van der Waals surface area contributed by atoms with Gasteiger partial charge >= 0.3 is 0 Å². The lowest BCUT2D eigenvalue weighted by Crippen LogP contribution is -2.04. The lowest BCUT2D eigenvalue weighted by Gasteiger charge is -2.15. The van der Waals surface area contributed by atoms with Gasteiger partial charge in [-0.15, -0.1) is 0 Å². The van der Waals surface area contributed by atoms with Gasteiger partial charge in [-0.2, -0.15) is 0 Å². The summed E-state index contributed by atoms with van der Waals surface area (Å²) in [5.41, 5.74) is 8.62. The highest BCUT2D eigenvalue weighted by atomic mass is 15.0. The molecule has 0 amide bonds. The van der Waals surface area contributed by atoms with Crippen molar-refractivity contribution in [3.05, 3.63) is 211 Å². The molecule has 0 saturated carbocycles. The number of aromatic nitrogens is 1. The molecule has 266 valence electrons. The van der Waals surface area contributed by atoms with Gasteiger partial charge in [0.05, 0.1) is 11.0 Å². The van der Waals surface area contributed by atoms with Crippen molar-refractivity contribution in [2.75, 3.05) is 0 Å². The molecule has 0 aliphatic carbocycles. The highest BCUT2D eigenvalue weighted by Crippen LogP contribution is 2.40. The Morgan fingerprint density at radius 3 is 1.70 bits per heavy atom. The first-order chi connectivity index (χ1) is 27.6. The molecule has 10 rings (SSSR count). The standard InChI is InChI=1S/C45H30N4.C7H8/c1-47-45(29-13-4-2-5-14-29)48-44(46)39-21-12-20-38-34-18-9-8-17-33(34)35-25-23-30(27-40(35)43(38)39)31-24-26-37-36-19-10-11-22-41(36)49(42(37)28-31)32-15-6-3-7-16-32;1-7-5-3-2-4-6-7/h2-28,46H,1H2;2-6H,1H3. The zero-order valence-corrected chi connectivity index (χ0v) is 31.0. The summed E-state index contributed by atoms with van der Waals surface area (Å²) < 4.78 is 2.35. The highest BCUT2D eigenvalue weighted by molar-refractivity contribution is 6.30. The lowest BCUT2D eigenvalue weighted by atomic mass is 9.89. The monoisotopic (exact) mass is 718 g/mol. The van der Waals surface area contributed by atoms with E-state index in [9.17, 15) is 5.41 Å². The molecule has 1 heterocycles. The average Bonchev–Trinajstić information content (AvgIpc) is 3.60. The molecule has 0 radical (unpaired) electrons. The minimum absolute atomic E-state index is 0.146. The van der Waals surface area contributed by atoms with Crippen LogP contribution in [0.25, 0.3) is 70.9 Å². The maximum Gasteiger partial charge on any atom is 0.161 e. The number of hydrogen-bond donors (Lipinski definition) is 1. The van der Waals surface area contributed by atoms with Gasteiger partial charge in [0.25, 0.3) is 0 Å². The molecule has 0 fully saturated rings. The molecule has 0 bridgehead atoms. The van der Waals surface area contributed by atoms with Crippen molar-refractivity contribution in [3.8, 4) is 16.8 Å². The molecule has 56 heavy (non-hydrogen) atoms. The number of para-hydroxylation sites is 2. The molecule has 0 spiro atoms. The first kappa shape index (κ1) is 34.3. The third-order valence-electron chi connectivity index (χ3n) is 10.5. The van der Waals surface area contributed by atoms with Crippen molar-refractivity contribution in [2.45, 2.75) is 6.92 Å². The van der Waals surface area contributed by atoms with Crippen LogP contribution in [-0.4, -0.2) is 23.0 Å². The van der Waals surface area contributed by atoms with Crippen LogP contribution in [0.3, 0.4) is 0 Å². The Kier molecular flexibility index (Phi) is 9.06. The third kappa shape index (κ3) is 6.23. The van der Waals surface area contributed by atoms with Crippen LogP contribution >= 0.6 is 0 Å². The maximum atomic E-state index is 9.27. The van der Waals surface area contributed by atoms with Crippen molar-refractivity contribution >= 4 is 72.5 Å². The van der Waals surface area contributed by atoms with Gasteiger partial charge in [0.2, 0.25) is 0 Å². The molecule has 0 aliphatic heterocycles. The average molecular weight is 719 g/mol. The van der Waals surface area contributed by atoms with E-state index in [4.69, 9.17) is 4.99 Å². The van der Waals surface area contributed by atoms with Crippen LogP contribution in [0.4, 0.5) is 0 Å². The number of aliphatic imine (C=N–C) groups is 2. The minimum Gasteiger partial charge on any atom is -0.309 e. The van der Waals surface area contributed by atoms with E-state index in [-0.39, 0.29) is 5.84 Å². The van der Waals surface area contributed by atoms with Crippen LogP contribution in [0, 0.1) is 12.3 Å². The van der Waals surface area contributed by atoms with Gasteiger partial charge in [0.1, 0.15) is 0 Å². The van der Waals surface area contributed by atoms with E-state index < -0.39 is 0 Å². The number of hydrogen-bond acceptors (Lipinski definition) is 1. The summed E-state index contributed by atoms with van der Waals surface area (Å²) in [6.45, 7) is 5.85. The fourth-order valence-corrected chi connectivity index (χ4v) is 7.87. The number of aryl methyl sites for hydroxylation is 1. The van der Waals surface area contributed by atoms with Gasteiger partial charge < -0.3 is 4.57 Å². The van der Waals surface area contributed by atoms with Gasteiger partial charge in [0, 0.05) is 33.0 Å². The fourth-order valence-electron chi connectivity index (χ4n) is 7.87. The van der Waals surface area contributed by atoms with E-state index in [1.165, 1.54) is 27.2 Å². The van der Waals surface area contributed by atoms with E-state index in [0.29, 0.717) is 5.84 Å². The molecule has 1 N–H and O–H groups in total. The molecule has 0 unspecified atom stereocenters. The molecule has 1 aromatic heterocycles. The summed E-state index contributed by atoms with van der Waals surface area (Å²) in [6, 6.07) is 67.3. The Morgan fingerprint density at radius 1 is 0.482 bits per heavy atom. The third-order valence-corrected chi connectivity index (χ3v) is 10.5. The molecule has 0 aliphatic rings. The molecular weight excluding hydrogens is 681 g/mol.